The smallest absolute Gasteiger partial charge is 0.267 e. The minimum atomic E-state index is -4.72. The van der Waals surface area contributed by atoms with Gasteiger partial charge in [0.25, 0.3) is 0 Å². The van der Waals surface area contributed by atoms with E-state index in [-0.39, 0.29) is 23.4 Å². The van der Waals surface area contributed by atoms with Crippen molar-refractivity contribution in [2.75, 3.05) is 4.31 Å². The summed E-state index contributed by atoms with van der Waals surface area (Å²) in [6.07, 6.45) is 0.0268. The lowest BCUT2D eigenvalue weighted by molar-refractivity contribution is -0.137. The molecule has 2 bridgehead atoms. The minimum Gasteiger partial charge on any atom is -0.267 e. The van der Waals surface area contributed by atoms with Gasteiger partial charge in [0, 0.05) is 12.0 Å². The standard InChI is InChI=1S/C17H15F3N2O2S/c1-9-15-10-2-3-11(6-10)16(15)25(23,24)22(9)13-5-4-12(8-21)14(7-13)17(18,19)20/h2-5,7,9-11,15-16H,6H2,1H3/t9-,10+,11-,15+,16-/m1/s1. The molecule has 0 N–H and O–H groups in total. The number of alkyl halides is 3. The third-order valence-electron chi connectivity index (χ3n) is 5.67. The van der Waals surface area contributed by atoms with Crippen LogP contribution in [0.1, 0.15) is 24.5 Å². The SMILES string of the molecule is C[C@@H]1[C@@H]2[C@@H]([C@@H]3C=C[C@H]2C3)S(=O)(=O)N1c1ccc(C#N)c(C(F)(F)F)c1. The highest BCUT2D eigenvalue weighted by atomic mass is 32.2. The van der Waals surface area contributed by atoms with Crippen molar-refractivity contribution < 1.29 is 21.6 Å². The number of nitrogens with zero attached hydrogens (tertiary/aromatic N) is 2. The molecule has 5 atom stereocenters. The number of allylic oxidation sites excluding steroid dienone is 2. The molecule has 2 fully saturated rings. The molecule has 0 amide bonds. The Labute approximate surface area is 143 Å². The Morgan fingerprint density at radius 3 is 2.52 bits per heavy atom. The first-order valence-corrected chi connectivity index (χ1v) is 9.49. The van der Waals surface area contributed by atoms with Crippen LogP contribution in [0, 0.1) is 29.1 Å². The summed E-state index contributed by atoms with van der Waals surface area (Å²) >= 11 is 0. The molecular formula is C17H15F3N2O2S. The van der Waals surface area contributed by atoms with Crippen LogP contribution in [0.2, 0.25) is 0 Å². The Bertz CT molecular complexity index is 917. The average molecular weight is 368 g/mol. The first kappa shape index (κ1) is 16.5. The van der Waals surface area contributed by atoms with E-state index in [0.29, 0.717) is 0 Å². The van der Waals surface area contributed by atoms with Crippen molar-refractivity contribution in [2.45, 2.75) is 30.8 Å². The number of nitriles is 1. The third-order valence-corrected chi connectivity index (χ3v) is 8.12. The van der Waals surface area contributed by atoms with Crippen LogP contribution < -0.4 is 4.31 Å². The van der Waals surface area contributed by atoms with Gasteiger partial charge in [0.1, 0.15) is 0 Å². The van der Waals surface area contributed by atoms with Crippen LogP contribution in [0.25, 0.3) is 0 Å². The summed E-state index contributed by atoms with van der Waals surface area (Å²) in [5, 5.41) is 8.34. The van der Waals surface area contributed by atoms with E-state index in [4.69, 9.17) is 5.26 Å². The van der Waals surface area contributed by atoms with Crippen molar-refractivity contribution in [1.29, 1.82) is 5.26 Å². The molecule has 1 saturated heterocycles. The lowest BCUT2D eigenvalue weighted by Gasteiger charge is -2.27. The first-order chi connectivity index (χ1) is 11.7. The summed E-state index contributed by atoms with van der Waals surface area (Å²) in [5.74, 6) is -0.0110. The van der Waals surface area contributed by atoms with Crippen molar-refractivity contribution in [2.24, 2.45) is 17.8 Å². The molecule has 1 heterocycles. The molecule has 1 aromatic carbocycles. The zero-order valence-corrected chi connectivity index (χ0v) is 14.1. The second kappa shape index (κ2) is 5.01. The minimum absolute atomic E-state index is 0.0207. The quantitative estimate of drug-likeness (QED) is 0.715. The van der Waals surface area contributed by atoms with E-state index in [0.717, 1.165) is 22.9 Å². The van der Waals surface area contributed by atoms with Crippen molar-refractivity contribution in [3.63, 3.8) is 0 Å². The molecule has 132 valence electrons. The van der Waals surface area contributed by atoms with Gasteiger partial charge in [-0.15, -0.1) is 0 Å². The molecule has 4 nitrogen and oxygen atoms in total. The Morgan fingerprint density at radius 1 is 1.24 bits per heavy atom. The molecular weight excluding hydrogens is 353 g/mol. The molecule has 1 aromatic rings. The number of halogens is 3. The van der Waals surface area contributed by atoms with Gasteiger partial charge in [0.05, 0.1) is 28.1 Å². The van der Waals surface area contributed by atoms with Gasteiger partial charge in [0.15, 0.2) is 0 Å². The topological polar surface area (TPSA) is 61.2 Å². The maximum absolute atomic E-state index is 13.2. The van der Waals surface area contributed by atoms with Crippen LogP contribution in [-0.2, 0) is 16.2 Å². The van der Waals surface area contributed by atoms with Crippen LogP contribution in [-0.4, -0.2) is 19.7 Å². The lowest BCUT2D eigenvalue weighted by Crippen LogP contribution is -2.35. The summed E-state index contributed by atoms with van der Waals surface area (Å²) in [6, 6.07) is 4.22. The van der Waals surface area contributed by atoms with E-state index in [2.05, 4.69) is 0 Å². The molecule has 4 rings (SSSR count). The number of anilines is 1. The predicted octanol–water partition coefficient (Wildman–Crippen LogP) is 3.31. The van der Waals surface area contributed by atoms with E-state index in [1.807, 2.05) is 12.2 Å². The van der Waals surface area contributed by atoms with Gasteiger partial charge in [0.2, 0.25) is 10.0 Å². The van der Waals surface area contributed by atoms with Crippen LogP contribution in [0.3, 0.4) is 0 Å². The average Bonchev–Trinajstić information content (AvgIpc) is 3.19. The molecule has 1 saturated carbocycles. The highest BCUT2D eigenvalue weighted by Crippen LogP contribution is 2.55. The summed E-state index contributed by atoms with van der Waals surface area (Å²) in [4.78, 5) is 0. The van der Waals surface area contributed by atoms with E-state index >= 15 is 0 Å². The lowest BCUT2D eigenvalue weighted by atomic mass is 9.87. The zero-order valence-electron chi connectivity index (χ0n) is 13.2. The fraction of sp³-hybridized carbons (Fsp3) is 0.471. The van der Waals surface area contributed by atoms with Crippen molar-refractivity contribution in [3.8, 4) is 6.07 Å². The van der Waals surface area contributed by atoms with E-state index < -0.39 is 38.6 Å². The summed E-state index contributed by atoms with van der Waals surface area (Å²) < 4.78 is 66.9. The molecule has 25 heavy (non-hydrogen) atoms. The Balaban J connectivity index is 1.82. The van der Waals surface area contributed by atoms with Gasteiger partial charge in [-0.3, -0.25) is 4.31 Å². The van der Waals surface area contributed by atoms with E-state index in [1.54, 1.807) is 6.92 Å². The first-order valence-electron chi connectivity index (χ1n) is 7.99. The van der Waals surface area contributed by atoms with Crippen LogP contribution in [0.15, 0.2) is 30.4 Å². The second-order valence-electron chi connectivity index (χ2n) is 6.91. The summed E-state index contributed by atoms with van der Waals surface area (Å²) in [6.45, 7) is 1.75. The second-order valence-corrected chi connectivity index (χ2v) is 8.88. The third kappa shape index (κ3) is 2.15. The zero-order chi connectivity index (χ0) is 18.1. The largest absolute Gasteiger partial charge is 0.417 e. The summed E-state index contributed by atoms with van der Waals surface area (Å²) in [5.41, 5.74) is -1.64. The Morgan fingerprint density at radius 2 is 1.92 bits per heavy atom. The molecule has 2 aliphatic carbocycles. The van der Waals surface area contributed by atoms with Crippen molar-refractivity contribution in [3.05, 3.63) is 41.5 Å². The van der Waals surface area contributed by atoms with E-state index in [9.17, 15) is 21.6 Å². The Hall–Kier alpha value is -2.01. The molecule has 0 spiro atoms. The number of rotatable bonds is 1. The van der Waals surface area contributed by atoms with Crippen LogP contribution in [0.5, 0.6) is 0 Å². The van der Waals surface area contributed by atoms with Crippen molar-refractivity contribution in [1.82, 2.24) is 0 Å². The normalized spacial score (nSPS) is 35.0. The molecule has 0 unspecified atom stereocenters. The van der Waals surface area contributed by atoms with Gasteiger partial charge in [-0.1, -0.05) is 12.2 Å². The van der Waals surface area contributed by atoms with Gasteiger partial charge in [-0.2, -0.15) is 18.4 Å². The van der Waals surface area contributed by atoms with Gasteiger partial charge in [-0.25, -0.2) is 8.42 Å². The number of benzene rings is 1. The van der Waals surface area contributed by atoms with E-state index in [1.165, 1.54) is 12.1 Å². The predicted molar refractivity (Wildman–Crippen MR) is 85.0 cm³/mol. The number of sulfonamides is 1. The highest BCUT2D eigenvalue weighted by molar-refractivity contribution is 7.93. The molecule has 0 aromatic heterocycles. The van der Waals surface area contributed by atoms with Gasteiger partial charge in [-0.05, 0) is 43.4 Å². The molecule has 8 heteroatoms. The van der Waals surface area contributed by atoms with Crippen LogP contribution >= 0.6 is 0 Å². The molecule has 3 aliphatic rings. The fourth-order valence-electron chi connectivity index (χ4n) is 4.77. The van der Waals surface area contributed by atoms with Gasteiger partial charge < -0.3 is 0 Å². The number of hydrogen-bond donors (Lipinski definition) is 0. The maximum atomic E-state index is 13.2. The highest BCUT2D eigenvalue weighted by Gasteiger charge is 2.61. The summed E-state index contributed by atoms with van der Waals surface area (Å²) in [7, 11) is -3.75. The molecule has 1 aliphatic heterocycles. The Kier molecular flexibility index (Phi) is 3.30. The van der Waals surface area contributed by atoms with Crippen molar-refractivity contribution >= 4 is 15.7 Å². The fourth-order valence-corrected chi connectivity index (χ4v) is 7.51. The molecule has 0 radical (unpaired) electrons. The number of hydrogen-bond acceptors (Lipinski definition) is 3. The van der Waals surface area contributed by atoms with Gasteiger partial charge >= 0.3 is 6.18 Å². The number of fused-ring (bicyclic) bond motifs is 5. The van der Waals surface area contributed by atoms with Crippen LogP contribution in [0.4, 0.5) is 18.9 Å². The monoisotopic (exact) mass is 368 g/mol. The maximum Gasteiger partial charge on any atom is 0.417 e.